The largest absolute Gasteiger partial charge is 0.313 e. The lowest BCUT2D eigenvalue weighted by molar-refractivity contribution is -0.119. The fourth-order valence-corrected chi connectivity index (χ4v) is 3.99. The van der Waals surface area contributed by atoms with Crippen molar-refractivity contribution in [2.45, 2.75) is 52.0 Å². The van der Waals surface area contributed by atoms with E-state index in [1.807, 2.05) is 0 Å². The summed E-state index contributed by atoms with van der Waals surface area (Å²) < 4.78 is 0. The van der Waals surface area contributed by atoms with Crippen molar-refractivity contribution in [3.8, 4) is 0 Å². The van der Waals surface area contributed by atoms with Gasteiger partial charge >= 0.3 is 0 Å². The molecule has 0 radical (unpaired) electrons. The zero-order valence-electron chi connectivity index (χ0n) is 10.7. The molecule has 3 heteroatoms. The van der Waals surface area contributed by atoms with Crippen molar-refractivity contribution in [1.82, 2.24) is 5.32 Å². The number of carbonyl (C=O) groups is 1. The molecule has 1 N–H and O–H groups in total. The highest BCUT2D eigenvalue weighted by atomic mass is 35.5. The number of allylic oxidation sites excluding steroid dienone is 1. The van der Waals surface area contributed by atoms with Crippen LogP contribution >= 0.6 is 12.4 Å². The first-order valence-corrected chi connectivity index (χ1v) is 6.58. The number of ketones is 1. The average molecular weight is 256 g/mol. The van der Waals surface area contributed by atoms with E-state index >= 15 is 0 Å². The minimum absolute atomic E-state index is 0. The van der Waals surface area contributed by atoms with Crippen LogP contribution in [0.2, 0.25) is 0 Å². The van der Waals surface area contributed by atoms with Crippen LogP contribution in [0.4, 0.5) is 0 Å². The fourth-order valence-electron chi connectivity index (χ4n) is 3.99. The predicted molar refractivity (Wildman–Crippen MR) is 71.4 cm³/mol. The molecule has 2 aliphatic carbocycles. The Bertz CT molecular complexity index is 376. The average Bonchev–Trinajstić information content (AvgIpc) is 2.25. The zero-order valence-corrected chi connectivity index (χ0v) is 11.5. The molecule has 1 aliphatic heterocycles. The maximum absolute atomic E-state index is 11.7. The van der Waals surface area contributed by atoms with E-state index in [-0.39, 0.29) is 12.4 Å². The van der Waals surface area contributed by atoms with Crippen LogP contribution in [0.5, 0.6) is 0 Å². The number of piperidine rings is 1. The topological polar surface area (TPSA) is 29.1 Å². The summed E-state index contributed by atoms with van der Waals surface area (Å²) in [6.07, 6.45) is 4.98. The van der Waals surface area contributed by atoms with E-state index in [4.69, 9.17) is 0 Å². The molecule has 3 atom stereocenters. The number of rotatable bonds is 0. The molecule has 0 aromatic rings. The molecule has 0 aromatic heterocycles. The standard InChI is InChI=1S/C14H21NO.ClH/c1-9-13-7-10-3-4-11(16)8-12(10)14(9,2)5-6-15-13;/h9,13,15H,3-8H2,1-2H3;1H/t9-,13-,14-;/m1./s1. The number of fused-ring (bicyclic) bond motifs is 3. The lowest BCUT2D eigenvalue weighted by Crippen LogP contribution is -2.54. The number of hydrogen-bond donors (Lipinski definition) is 1. The third-order valence-electron chi connectivity index (χ3n) is 5.32. The van der Waals surface area contributed by atoms with Gasteiger partial charge in [0.1, 0.15) is 5.78 Å². The van der Waals surface area contributed by atoms with E-state index in [9.17, 15) is 4.79 Å². The van der Waals surface area contributed by atoms with E-state index in [0.717, 1.165) is 25.8 Å². The van der Waals surface area contributed by atoms with Crippen LogP contribution in [0.3, 0.4) is 0 Å². The Morgan fingerprint density at radius 1 is 1.35 bits per heavy atom. The van der Waals surface area contributed by atoms with Crippen molar-refractivity contribution in [1.29, 1.82) is 0 Å². The molecule has 17 heavy (non-hydrogen) atoms. The molecular weight excluding hydrogens is 234 g/mol. The Kier molecular flexibility index (Phi) is 3.39. The third-order valence-corrected chi connectivity index (χ3v) is 5.32. The summed E-state index contributed by atoms with van der Waals surface area (Å²) in [6, 6.07) is 0.658. The second-order valence-corrected chi connectivity index (χ2v) is 6.02. The van der Waals surface area contributed by atoms with E-state index in [1.165, 1.54) is 18.4 Å². The van der Waals surface area contributed by atoms with E-state index < -0.39 is 0 Å². The number of halogens is 1. The molecular formula is C14H22ClNO. The monoisotopic (exact) mass is 255 g/mol. The van der Waals surface area contributed by atoms with E-state index in [1.54, 1.807) is 5.57 Å². The molecule has 1 saturated heterocycles. The number of hydrogen-bond acceptors (Lipinski definition) is 2. The fraction of sp³-hybridized carbons (Fsp3) is 0.786. The summed E-state index contributed by atoms with van der Waals surface area (Å²) in [5.74, 6) is 1.15. The molecule has 0 saturated carbocycles. The maximum atomic E-state index is 11.7. The SMILES string of the molecule is C[C@@H]1[C@H]2CC3=C(CC(=O)CC3)[C@]1(C)CCN2.Cl. The molecule has 2 nitrogen and oxygen atoms in total. The number of carbonyl (C=O) groups excluding carboxylic acids is 1. The minimum atomic E-state index is 0. The van der Waals surface area contributed by atoms with Gasteiger partial charge < -0.3 is 5.32 Å². The lowest BCUT2D eigenvalue weighted by atomic mass is 9.57. The van der Waals surface area contributed by atoms with Crippen molar-refractivity contribution < 1.29 is 4.79 Å². The van der Waals surface area contributed by atoms with Gasteiger partial charge in [0.15, 0.2) is 0 Å². The van der Waals surface area contributed by atoms with Crippen molar-refractivity contribution in [2.24, 2.45) is 11.3 Å². The van der Waals surface area contributed by atoms with Crippen LogP contribution in [0, 0.1) is 11.3 Å². The first-order chi connectivity index (χ1) is 7.61. The molecule has 1 fully saturated rings. The number of nitrogens with one attached hydrogen (secondary N) is 1. The van der Waals surface area contributed by atoms with Gasteiger partial charge in [-0.15, -0.1) is 12.4 Å². The third kappa shape index (κ3) is 1.86. The Morgan fingerprint density at radius 2 is 2.12 bits per heavy atom. The Labute approximate surface area is 110 Å². The normalized spacial score (nSPS) is 40.7. The van der Waals surface area contributed by atoms with Gasteiger partial charge in [-0.3, -0.25) is 4.79 Å². The van der Waals surface area contributed by atoms with Crippen LogP contribution in [-0.2, 0) is 4.79 Å². The molecule has 1 heterocycles. The molecule has 96 valence electrons. The summed E-state index contributed by atoms with van der Waals surface area (Å²) >= 11 is 0. The van der Waals surface area contributed by atoms with Gasteiger partial charge in [0.25, 0.3) is 0 Å². The van der Waals surface area contributed by atoms with E-state index in [2.05, 4.69) is 19.2 Å². The highest BCUT2D eigenvalue weighted by Crippen LogP contribution is 2.52. The Hall–Kier alpha value is -0.340. The second kappa shape index (κ2) is 4.40. The van der Waals surface area contributed by atoms with Gasteiger partial charge in [0, 0.05) is 18.9 Å². The highest BCUT2D eigenvalue weighted by Gasteiger charge is 2.47. The zero-order chi connectivity index (χ0) is 11.3. The molecule has 0 unspecified atom stereocenters. The van der Waals surface area contributed by atoms with Crippen LogP contribution in [-0.4, -0.2) is 18.4 Å². The second-order valence-electron chi connectivity index (χ2n) is 6.02. The molecule has 3 aliphatic rings. The summed E-state index contributed by atoms with van der Waals surface area (Å²) in [5.41, 5.74) is 3.44. The van der Waals surface area contributed by atoms with Crippen LogP contribution in [0.15, 0.2) is 11.1 Å². The first kappa shape index (κ1) is 13.1. The summed E-state index contributed by atoms with van der Waals surface area (Å²) in [5, 5.41) is 3.65. The van der Waals surface area contributed by atoms with Gasteiger partial charge in [-0.25, -0.2) is 0 Å². The summed E-state index contributed by atoms with van der Waals surface area (Å²) in [7, 11) is 0. The smallest absolute Gasteiger partial charge is 0.137 e. The van der Waals surface area contributed by atoms with Crippen molar-refractivity contribution in [3.63, 3.8) is 0 Å². The van der Waals surface area contributed by atoms with Crippen LogP contribution in [0.1, 0.15) is 46.0 Å². The van der Waals surface area contributed by atoms with Crippen LogP contribution in [0.25, 0.3) is 0 Å². The predicted octanol–water partition coefficient (Wildman–Crippen LogP) is 2.87. The molecule has 2 bridgehead atoms. The molecule has 0 amide bonds. The minimum Gasteiger partial charge on any atom is -0.313 e. The summed E-state index contributed by atoms with van der Waals surface area (Å²) in [6.45, 7) is 5.87. The van der Waals surface area contributed by atoms with Gasteiger partial charge in [-0.2, -0.15) is 0 Å². The lowest BCUT2D eigenvalue weighted by Gasteiger charge is -2.52. The highest BCUT2D eigenvalue weighted by molar-refractivity contribution is 5.85. The van der Waals surface area contributed by atoms with Crippen LogP contribution < -0.4 is 5.32 Å². The molecule has 0 spiro atoms. The maximum Gasteiger partial charge on any atom is 0.137 e. The van der Waals surface area contributed by atoms with Gasteiger partial charge in [0.2, 0.25) is 0 Å². The van der Waals surface area contributed by atoms with Crippen molar-refractivity contribution >= 4 is 18.2 Å². The quantitative estimate of drug-likeness (QED) is 0.675. The van der Waals surface area contributed by atoms with Crippen molar-refractivity contribution in [3.05, 3.63) is 11.1 Å². The first-order valence-electron chi connectivity index (χ1n) is 6.58. The molecule has 0 aromatic carbocycles. The van der Waals surface area contributed by atoms with Crippen molar-refractivity contribution in [2.75, 3.05) is 6.54 Å². The molecule has 3 rings (SSSR count). The van der Waals surface area contributed by atoms with Gasteiger partial charge in [0.05, 0.1) is 0 Å². The Morgan fingerprint density at radius 3 is 2.88 bits per heavy atom. The number of Topliss-reactive ketones (excluding diaryl/α,β-unsaturated/α-hetero) is 1. The van der Waals surface area contributed by atoms with E-state index in [0.29, 0.717) is 23.2 Å². The van der Waals surface area contributed by atoms with Gasteiger partial charge in [-0.1, -0.05) is 25.0 Å². The summed E-state index contributed by atoms with van der Waals surface area (Å²) in [4.78, 5) is 11.7. The Balaban J connectivity index is 0.00000108. The van der Waals surface area contributed by atoms with Gasteiger partial charge in [-0.05, 0) is 37.1 Å².